The largest absolute Gasteiger partial charge is 0.457 e. The third kappa shape index (κ3) is 7.00. The molecule has 0 aliphatic rings. The minimum atomic E-state index is -3.86. The Labute approximate surface area is 194 Å². The van der Waals surface area contributed by atoms with Crippen molar-refractivity contribution in [2.45, 2.75) is 31.7 Å². The molecule has 0 aliphatic heterocycles. The number of ether oxygens (including phenoxy) is 1. The molecule has 0 unspecified atom stereocenters. The molecule has 0 saturated heterocycles. The molecule has 1 atom stereocenters. The number of sulfonamides is 1. The Morgan fingerprint density at radius 3 is 2.27 bits per heavy atom. The molecule has 0 heterocycles. The van der Waals surface area contributed by atoms with Crippen LogP contribution in [0, 0.1) is 12.8 Å². The highest BCUT2D eigenvalue weighted by molar-refractivity contribution is 7.89. The topological polar surface area (TPSA) is 96.9 Å². The van der Waals surface area contributed by atoms with Crippen molar-refractivity contribution in [1.82, 2.24) is 10.1 Å². The molecular formula is C25H27N3O4S. The number of hydrogen-bond donors (Lipinski definition) is 2. The van der Waals surface area contributed by atoms with Gasteiger partial charge < -0.3 is 4.74 Å². The average Bonchev–Trinajstić information content (AvgIpc) is 2.78. The van der Waals surface area contributed by atoms with Crippen LogP contribution in [0.25, 0.3) is 0 Å². The number of hydrazone groups is 1. The zero-order chi connectivity index (χ0) is 23.8. The Balaban J connectivity index is 1.65. The molecule has 0 aromatic heterocycles. The fraction of sp³-hybridized carbons (Fsp3) is 0.200. The van der Waals surface area contributed by atoms with Crippen molar-refractivity contribution >= 4 is 22.1 Å². The van der Waals surface area contributed by atoms with Crippen molar-refractivity contribution in [3.8, 4) is 11.5 Å². The number of para-hydroxylation sites is 1. The van der Waals surface area contributed by atoms with Gasteiger partial charge in [0, 0.05) is 0 Å². The van der Waals surface area contributed by atoms with Gasteiger partial charge in [0.1, 0.15) is 17.5 Å². The van der Waals surface area contributed by atoms with Crippen LogP contribution in [0.15, 0.2) is 88.9 Å². The summed E-state index contributed by atoms with van der Waals surface area (Å²) in [5.41, 5.74) is 4.08. The zero-order valence-corrected chi connectivity index (χ0v) is 19.5. The van der Waals surface area contributed by atoms with Crippen LogP contribution in [0.4, 0.5) is 0 Å². The van der Waals surface area contributed by atoms with Crippen molar-refractivity contribution in [1.29, 1.82) is 0 Å². The molecule has 2 N–H and O–H groups in total. The summed E-state index contributed by atoms with van der Waals surface area (Å²) in [6.07, 6.45) is 1.47. The number of nitrogens with one attached hydrogen (secondary N) is 2. The van der Waals surface area contributed by atoms with E-state index in [-0.39, 0.29) is 10.8 Å². The monoisotopic (exact) mass is 465 g/mol. The van der Waals surface area contributed by atoms with Gasteiger partial charge >= 0.3 is 0 Å². The number of amides is 1. The molecule has 172 valence electrons. The summed E-state index contributed by atoms with van der Waals surface area (Å²) in [5, 5.41) is 3.99. The second-order valence-corrected chi connectivity index (χ2v) is 9.59. The summed E-state index contributed by atoms with van der Waals surface area (Å²) in [7, 11) is -3.86. The highest BCUT2D eigenvalue weighted by atomic mass is 32.2. The van der Waals surface area contributed by atoms with Crippen LogP contribution in [0.2, 0.25) is 0 Å². The molecule has 8 heteroatoms. The lowest BCUT2D eigenvalue weighted by Gasteiger charge is -2.20. The zero-order valence-electron chi connectivity index (χ0n) is 18.7. The number of rotatable bonds is 9. The first-order chi connectivity index (χ1) is 15.7. The van der Waals surface area contributed by atoms with Crippen molar-refractivity contribution in [3.05, 3.63) is 90.0 Å². The quantitative estimate of drug-likeness (QED) is 0.365. The second-order valence-electron chi connectivity index (χ2n) is 7.88. The maximum atomic E-state index is 12.7. The van der Waals surface area contributed by atoms with Gasteiger partial charge in [0.25, 0.3) is 5.91 Å². The molecule has 7 nitrogen and oxygen atoms in total. The molecule has 1 amide bonds. The van der Waals surface area contributed by atoms with Gasteiger partial charge in [-0.3, -0.25) is 4.79 Å². The highest BCUT2D eigenvalue weighted by Crippen LogP contribution is 2.21. The van der Waals surface area contributed by atoms with E-state index in [0.29, 0.717) is 17.1 Å². The first-order valence-electron chi connectivity index (χ1n) is 10.5. The number of benzene rings is 3. The molecule has 3 aromatic rings. The summed E-state index contributed by atoms with van der Waals surface area (Å²) in [6.45, 7) is 5.39. The number of carbonyl (C=O) groups excluding carboxylic acids is 1. The molecule has 0 spiro atoms. The van der Waals surface area contributed by atoms with E-state index in [1.807, 2.05) is 55.5 Å². The summed E-state index contributed by atoms with van der Waals surface area (Å²) in [6, 6.07) is 22.0. The van der Waals surface area contributed by atoms with Crippen LogP contribution in [-0.2, 0) is 14.8 Å². The number of hydrogen-bond acceptors (Lipinski definition) is 5. The lowest BCUT2D eigenvalue weighted by molar-refractivity contribution is -0.123. The van der Waals surface area contributed by atoms with Crippen LogP contribution < -0.4 is 14.9 Å². The van der Waals surface area contributed by atoms with E-state index in [1.54, 1.807) is 32.0 Å². The first-order valence-corrected chi connectivity index (χ1v) is 12.0. The Morgan fingerprint density at radius 1 is 0.939 bits per heavy atom. The van der Waals surface area contributed by atoms with Crippen LogP contribution in [0.3, 0.4) is 0 Å². The molecule has 0 fully saturated rings. The smallest absolute Gasteiger partial charge is 0.258 e. The lowest BCUT2D eigenvalue weighted by atomic mass is 10.1. The van der Waals surface area contributed by atoms with Gasteiger partial charge in [0.05, 0.1) is 11.1 Å². The fourth-order valence-electron chi connectivity index (χ4n) is 2.97. The summed E-state index contributed by atoms with van der Waals surface area (Å²) >= 11 is 0. The Bertz CT molecular complexity index is 1210. The third-order valence-electron chi connectivity index (χ3n) is 4.79. The SMILES string of the molecule is Cc1ccc(S(=O)(=O)N[C@@H](C(=O)N/N=C\c2cccc(Oc3ccccc3)c2)C(C)C)cc1. The molecule has 33 heavy (non-hydrogen) atoms. The van der Waals surface area contributed by atoms with Crippen LogP contribution >= 0.6 is 0 Å². The number of nitrogens with zero attached hydrogens (tertiary/aromatic N) is 1. The van der Waals surface area contributed by atoms with E-state index in [2.05, 4.69) is 15.2 Å². The minimum absolute atomic E-state index is 0.102. The van der Waals surface area contributed by atoms with Crippen molar-refractivity contribution < 1.29 is 17.9 Å². The average molecular weight is 466 g/mol. The van der Waals surface area contributed by atoms with E-state index < -0.39 is 22.0 Å². The van der Waals surface area contributed by atoms with Gasteiger partial charge in [0.15, 0.2) is 0 Å². The van der Waals surface area contributed by atoms with Crippen LogP contribution in [0.1, 0.15) is 25.0 Å². The summed E-state index contributed by atoms with van der Waals surface area (Å²) in [5.74, 6) is 0.500. The normalized spacial score (nSPS) is 12.6. The molecule has 0 bridgehead atoms. The maximum absolute atomic E-state index is 12.7. The van der Waals surface area contributed by atoms with Gasteiger partial charge in [-0.2, -0.15) is 9.82 Å². The van der Waals surface area contributed by atoms with E-state index in [4.69, 9.17) is 4.74 Å². The molecule has 3 aromatic carbocycles. The van der Waals surface area contributed by atoms with E-state index in [0.717, 1.165) is 5.56 Å². The Hall–Kier alpha value is -3.49. The summed E-state index contributed by atoms with van der Waals surface area (Å²) in [4.78, 5) is 12.8. The molecule has 0 radical (unpaired) electrons. The lowest BCUT2D eigenvalue weighted by Crippen LogP contribution is -2.48. The van der Waals surface area contributed by atoms with Crippen LogP contribution in [-0.4, -0.2) is 26.6 Å². The summed E-state index contributed by atoms with van der Waals surface area (Å²) < 4.78 is 33.7. The minimum Gasteiger partial charge on any atom is -0.457 e. The second kappa shape index (κ2) is 10.9. The maximum Gasteiger partial charge on any atom is 0.258 e. The number of carbonyl (C=O) groups is 1. The van der Waals surface area contributed by atoms with Crippen molar-refractivity contribution in [2.75, 3.05) is 0 Å². The highest BCUT2D eigenvalue weighted by Gasteiger charge is 2.28. The van der Waals surface area contributed by atoms with E-state index in [9.17, 15) is 13.2 Å². The van der Waals surface area contributed by atoms with Gasteiger partial charge in [-0.1, -0.05) is 61.9 Å². The predicted molar refractivity (Wildman–Crippen MR) is 129 cm³/mol. The van der Waals surface area contributed by atoms with Gasteiger partial charge in [-0.15, -0.1) is 0 Å². The standard InChI is InChI=1S/C25H27N3O4S/c1-18(2)24(28-33(30,31)23-14-12-19(3)13-15-23)25(29)27-26-17-20-8-7-11-22(16-20)32-21-9-5-4-6-10-21/h4-18,24,28H,1-3H3,(H,27,29)/b26-17-/t24-/m1/s1. The van der Waals surface area contributed by atoms with Crippen molar-refractivity contribution in [3.63, 3.8) is 0 Å². The van der Waals surface area contributed by atoms with Gasteiger partial charge in [0.2, 0.25) is 10.0 Å². The fourth-order valence-corrected chi connectivity index (χ4v) is 4.31. The first kappa shape index (κ1) is 24.2. The van der Waals surface area contributed by atoms with E-state index in [1.165, 1.54) is 18.3 Å². The molecule has 3 rings (SSSR count). The van der Waals surface area contributed by atoms with E-state index >= 15 is 0 Å². The van der Waals surface area contributed by atoms with Crippen molar-refractivity contribution in [2.24, 2.45) is 11.0 Å². The van der Waals surface area contributed by atoms with Gasteiger partial charge in [-0.05, 0) is 54.8 Å². The van der Waals surface area contributed by atoms with Crippen LogP contribution in [0.5, 0.6) is 11.5 Å². The Kier molecular flexibility index (Phi) is 7.97. The Morgan fingerprint density at radius 2 is 1.61 bits per heavy atom. The van der Waals surface area contributed by atoms with Gasteiger partial charge in [-0.25, -0.2) is 13.8 Å². The molecule has 0 aliphatic carbocycles. The molecular weight excluding hydrogens is 438 g/mol. The predicted octanol–water partition coefficient (Wildman–Crippen LogP) is 4.24. The molecule has 0 saturated carbocycles. The number of aryl methyl sites for hydroxylation is 1. The third-order valence-corrected chi connectivity index (χ3v) is 6.24.